The zero-order chi connectivity index (χ0) is 14.8. The molecule has 0 aliphatic heterocycles. The number of rotatable bonds is 8. The Kier molecular flexibility index (Phi) is 7.80. The standard InChI is InChI=1S/C15H22N2O2S/c1-3-17(4-2)15(19)12-20-11-14(18)16-10-13-8-6-5-7-9-13/h5-9H,3-4,10-12H2,1-2H3,(H,16,18). The Morgan fingerprint density at radius 3 is 2.35 bits per heavy atom. The fourth-order valence-electron chi connectivity index (χ4n) is 1.75. The van der Waals surface area contributed by atoms with Crippen LogP contribution in [0.3, 0.4) is 0 Å². The fourth-order valence-corrected chi connectivity index (χ4v) is 2.49. The Bertz CT molecular complexity index is 419. The molecule has 0 spiro atoms. The highest BCUT2D eigenvalue weighted by Crippen LogP contribution is 2.03. The molecule has 0 aromatic heterocycles. The monoisotopic (exact) mass is 294 g/mol. The van der Waals surface area contributed by atoms with Crippen molar-refractivity contribution in [3.63, 3.8) is 0 Å². The van der Waals surface area contributed by atoms with Crippen molar-refractivity contribution in [3.05, 3.63) is 35.9 Å². The normalized spacial score (nSPS) is 10.1. The molecule has 0 unspecified atom stereocenters. The lowest BCUT2D eigenvalue weighted by Crippen LogP contribution is -2.32. The van der Waals surface area contributed by atoms with Crippen molar-refractivity contribution in [1.29, 1.82) is 0 Å². The van der Waals surface area contributed by atoms with E-state index in [1.807, 2.05) is 44.2 Å². The van der Waals surface area contributed by atoms with Crippen LogP contribution in [0.5, 0.6) is 0 Å². The number of nitrogens with one attached hydrogen (secondary N) is 1. The van der Waals surface area contributed by atoms with Gasteiger partial charge in [-0.3, -0.25) is 9.59 Å². The van der Waals surface area contributed by atoms with Crippen molar-refractivity contribution in [2.75, 3.05) is 24.6 Å². The zero-order valence-corrected chi connectivity index (χ0v) is 12.9. The zero-order valence-electron chi connectivity index (χ0n) is 12.1. The molecule has 2 amide bonds. The fraction of sp³-hybridized carbons (Fsp3) is 0.467. The third-order valence-electron chi connectivity index (χ3n) is 2.91. The first-order valence-corrected chi connectivity index (χ1v) is 7.99. The van der Waals surface area contributed by atoms with Crippen molar-refractivity contribution in [1.82, 2.24) is 10.2 Å². The molecular weight excluding hydrogens is 272 g/mol. The quantitative estimate of drug-likeness (QED) is 0.797. The van der Waals surface area contributed by atoms with E-state index in [0.29, 0.717) is 18.1 Å². The lowest BCUT2D eigenvalue weighted by molar-refractivity contribution is -0.127. The largest absolute Gasteiger partial charge is 0.351 e. The van der Waals surface area contributed by atoms with Crippen molar-refractivity contribution in [2.24, 2.45) is 0 Å². The average Bonchev–Trinajstić information content (AvgIpc) is 2.47. The number of thioether (sulfide) groups is 1. The number of carbonyl (C=O) groups is 2. The predicted octanol–water partition coefficient (Wildman–Crippen LogP) is 1.90. The van der Waals surface area contributed by atoms with Gasteiger partial charge in [0.15, 0.2) is 0 Å². The van der Waals surface area contributed by atoms with Crippen LogP contribution in [0.25, 0.3) is 0 Å². The molecule has 20 heavy (non-hydrogen) atoms. The summed E-state index contributed by atoms with van der Waals surface area (Å²) in [4.78, 5) is 25.2. The summed E-state index contributed by atoms with van der Waals surface area (Å²) in [6, 6.07) is 9.77. The SMILES string of the molecule is CCN(CC)C(=O)CSCC(=O)NCc1ccccc1. The molecule has 0 aliphatic carbocycles. The molecule has 0 saturated heterocycles. The van der Waals surface area contributed by atoms with Crippen LogP contribution >= 0.6 is 11.8 Å². The van der Waals surface area contributed by atoms with Crippen LogP contribution in [-0.2, 0) is 16.1 Å². The molecule has 0 fully saturated rings. The Hall–Kier alpha value is -1.49. The summed E-state index contributed by atoms with van der Waals surface area (Å²) in [6.07, 6.45) is 0. The molecule has 110 valence electrons. The van der Waals surface area contributed by atoms with Crippen molar-refractivity contribution in [3.8, 4) is 0 Å². The molecule has 0 heterocycles. The number of carbonyl (C=O) groups excluding carboxylic acids is 2. The summed E-state index contributed by atoms with van der Waals surface area (Å²) in [6.45, 7) is 5.88. The van der Waals surface area contributed by atoms with E-state index in [4.69, 9.17) is 0 Å². The maximum atomic E-state index is 11.7. The smallest absolute Gasteiger partial charge is 0.232 e. The summed E-state index contributed by atoms with van der Waals surface area (Å²) in [5.41, 5.74) is 1.07. The Morgan fingerprint density at radius 1 is 1.10 bits per heavy atom. The number of amides is 2. The number of benzene rings is 1. The average molecular weight is 294 g/mol. The predicted molar refractivity (Wildman–Crippen MR) is 83.5 cm³/mol. The first kappa shape index (κ1) is 16.6. The minimum Gasteiger partial charge on any atom is -0.351 e. The van der Waals surface area contributed by atoms with Gasteiger partial charge in [-0.1, -0.05) is 30.3 Å². The van der Waals surface area contributed by atoms with Crippen molar-refractivity contribution < 1.29 is 9.59 Å². The molecule has 1 aromatic carbocycles. The third kappa shape index (κ3) is 6.10. The van der Waals surface area contributed by atoms with Gasteiger partial charge in [-0.15, -0.1) is 11.8 Å². The molecular formula is C15H22N2O2S. The van der Waals surface area contributed by atoms with E-state index >= 15 is 0 Å². The van der Waals surface area contributed by atoms with E-state index < -0.39 is 0 Å². The highest BCUT2D eigenvalue weighted by molar-refractivity contribution is 8.00. The molecule has 0 aliphatic rings. The van der Waals surface area contributed by atoms with Crippen molar-refractivity contribution in [2.45, 2.75) is 20.4 Å². The molecule has 0 saturated carbocycles. The second kappa shape index (κ2) is 9.42. The summed E-state index contributed by atoms with van der Waals surface area (Å²) in [5.74, 6) is 0.738. The Morgan fingerprint density at radius 2 is 1.75 bits per heavy atom. The van der Waals surface area contributed by atoms with Crippen LogP contribution in [0.4, 0.5) is 0 Å². The van der Waals surface area contributed by atoms with E-state index in [1.165, 1.54) is 11.8 Å². The lowest BCUT2D eigenvalue weighted by Gasteiger charge is -2.18. The summed E-state index contributed by atoms with van der Waals surface area (Å²) in [7, 11) is 0. The number of nitrogens with zero attached hydrogens (tertiary/aromatic N) is 1. The summed E-state index contributed by atoms with van der Waals surface area (Å²) >= 11 is 1.36. The van der Waals surface area contributed by atoms with Gasteiger partial charge in [0.2, 0.25) is 11.8 Å². The molecule has 5 heteroatoms. The summed E-state index contributed by atoms with van der Waals surface area (Å²) in [5, 5.41) is 2.85. The molecule has 0 atom stereocenters. The van der Waals surface area contributed by atoms with E-state index in [9.17, 15) is 9.59 Å². The van der Waals surface area contributed by atoms with Gasteiger partial charge >= 0.3 is 0 Å². The highest BCUT2D eigenvalue weighted by Gasteiger charge is 2.10. The second-order valence-corrected chi connectivity index (χ2v) is 5.31. The molecule has 4 nitrogen and oxygen atoms in total. The van der Waals surface area contributed by atoms with Gasteiger partial charge in [-0.25, -0.2) is 0 Å². The van der Waals surface area contributed by atoms with Gasteiger partial charge in [0.25, 0.3) is 0 Å². The van der Waals surface area contributed by atoms with Crippen LogP contribution in [0.15, 0.2) is 30.3 Å². The van der Waals surface area contributed by atoms with Crippen LogP contribution in [-0.4, -0.2) is 41.3 Å². The van der Waals surface area contributed by atoms with Crippen LogP contribution < -0.4 is 5.32 Å². The van der Waals surface area contributed by atoms with E-state index in [0.717, 1.165) is 18.7 Å². The maximum Gasteiger partial charge on any atom is 0.232 e. The first-order valence-electron chi connectivity index (χ1n) is 6.83. The number of hydrogen-bond donors (Lipinski definition) is 1. The maximum absolute atomic E-state index is 11.7. The van der Waals surface area contributed by atoms with Gasteiger partial charge in [0.1, 0.15) is 0 Å². The van der Waals surface area contributed by atoms with Crippen LogP contribution in [0.2, 0.25) is 0 Å². The van der Waals surface area contributed by atoms with E-state index in [2.05, 4.69) is 5.32 Å². The Labute approximate surface area is 124 Å². The molecule has 1 rings (SSSR count). The van der Waals surface area contributed by atoms with Gasteiger partial charge in [0, 0.05) is 19.6 Å². The van der Waals surface area contributed by atoms with Crippen LogP contribution in [0.1, 0.15) is 19.4 Å². The van der Waals surface area contributed by atoms with Gasteiger partial charge in [-0.05, 0) is 19.4 Å². The van der Waals surface area contributed by atoms with Gasteiger partial charge in [-0.2, -0.15) is 0 Å². The minimum atomic E-state index is -0.0359. The van der Waals surface area contributed by atoms with E-state index in [-0.39, 0.29) is 11.8 Å². The minimum absolute atomic E-state index is 0.0359. The molecule has 1 aromatic rings. The van der Waals surface area contributed by atoms with Crippen LogP contribution in [0, 0.1) is 0 Å². The molecule has 1 N–H and O–H groups in total. The molecule has 0 bridgehead atoms. The third-order valence-corrected chi connectivity index (χ3v) is 3.82. The summed E-state index contributed by atoms with van der Waals surface area (Å²) < 4.78 is 0. The lowest BCUT2D eigenvalue weighted by atomic mass is 10.2. The molecule has 0 radical (unpaired) electrons. The highest BCUT2D eigenvalue weighted by atomic mass is 32.2. The van der Waals surface area contributed by atoms with Gasteiger partial charge < -0.3 is 10.2 Å². The van der Waals surface area contributed by atoms with E-state index in [1.54, 1.807) is 4.90 Å². The number of hydrogen-bond acceptors (Lipinski definition) is 3. The second-order valence-electron chi connectivity index (χ2n) is 4.32. The van der Waals surface area contributed by atoms with Gasteiger partial charge in [0.05, 0.1) is 11.5 Å². The first-order chi connectivity index (χ1) is 9.67. The van der Waals surface area contributed by atoms with Crippen molar-refractivity contribution >= 4 is 23.6 Å². The topological polar surface area (TPSA) is 49.4 Å². The Balaban J connectivity index is 2.19.